The van der Waals surface area contributed by atoms with E-state index in [4.69, 9.17) is 26.8 Å². The highest BCUT2D eigenvalue weighted by molar-refractivity contribution is 7.92. The lowest BCUT2D eigenvalue weighted by molar-refractivity contribution is -0.119. The van der Waals surface area contributed by atoms with Gasteiger partial charge in [0.05, 0.1) is 10.6 Å². The lowest BCUT2D eigenvalue weighted by atomic mass is 10.3. The maximum Gasteiger partial charge on any atom is 0.262 e. The van der Waals surface area contributed by atoms with Crippen LogP contribution in [-0.4, -0.2) is 20.9 Å². The molecule has 3 rings (SSSR count). The second kappa shape index (κ2) is 8.85. The molecule has 3 N–H and O–H groups in total. The van der Waals surface area contributed by atoms with Crippen molar-refractivity contribution in [1.29, 1.82) is 0 Å². The fourth-order valence-corrected chi connectivity index (χ4v) is 3.59. The Morgan fingerprint density at radius 1 is 0.966 bits per heavy atom. The Labute approximate surface area is 173 Å². The van der Waals surface area contributed by atoms with Crippen LogP contribution >= 0.6 is 11.6 Å². The predicted octanol–water partition coefficient (Wildman–Crippen LogP) is 3.80. The molecule has 0 radical (unpaired) electrons. The van der Waals surface area contributed by atoms with Gasteiger partial charge in [-0.05, 0) is 54.6 Å². The number of rotatable bonds is 8. The van der Waals surface area contributed by atoms with E-state index in [-0.39, 0.29) is 17.2 Å². The first kappa shape index (κ1) is 20.5. The molecule has 0 fully saturated rings. The van der Waals surface area contributed by atoms with Crippen LogP contribution in [0.2, 0.25) is 5.02 Å². The quantitative estimate of drug-likeness (QED) is 0.563. The normalized spacial score (nSPS) is 10.9. The molecule has 0 aromatic heterocycles. The van der Waals surface area contributed by atoms with E-state index in [1.807, 2.05) is 6.07 Å². The standard InChI is InChI=1S/C20H17ClN2O5S/c21-14-6-11-19(28-16-4-2-1-3-5-16)18(12-14)23-29(25,26)17-9-7-15(8-10-17)27-13-20(22)24/h1-12,23H,13H2,(H2,22,24). The average molecular weight is 433 g/mol. The number of ether oxygens (including phenoxy) is 2. The number of carbonyl (C=O) groups excluding carboxylic acids is 1. The van der Waals surface area contributed by atoms with Crippen molar-refractivity contribution < 1.29 is 22.7 Å². The number of nitrogens with one attached hydrogen (secondary N) is 1. The van der Waals surface area contributed by atoms with Crippen molar-refractivity contribution in [2.75, 3.05) is 11.3 Å². The van der Waals surface area contributed by atoms with Crippen LogP contribution in [-0.2, 0) is 14.8 Å². The molecule has 0 aliphatic carbocycles. The summed E-state index contributed by atoms with van der Waals surface area (Å²) >= 11 is 6.03. The molecule has 3 aromatic carbocycles. The van der Waals surface area contributed by atoms with Gasteiger partial charge in [-0.1, -0.05) is 29.8 Å². The van der Waals surface area contributed by atoms with Gasteiger partial charge in [0.15, 0.2) is 12.4 Å². The number of benzene rings is 3. The Hall–Kier alpha value is -3.23. The molecule has 29 heavy (non-hydrogen) atoms. The number of hydrogen-bond donors (Lipinski definition) is 2. The molecule has 0 saturated heterocycles. The first-order valence-corrected chi connectivity index (χ1v) is 10.3. The molecule has 0 unspecified atom stereocenters. The number of nitrogens with two attached hydrogens (primary N) is 1. The van der Waals surface area contributed by atoms with E-state index in [1.165, 1.54) is 30.3 Å². The minimum atomic E-state index is -3.93. The van der Waals surface area contributed by atoms with Crippen molar-refractivity contribution in [2.24, 2.45) is 5.73 Å². The van der Waals surface area contributed by atoms with Gasteiger partial charge in [0, 0.05) is 5.02 Å². The largest absolute Gasteiger partial charge is 0.484 e. The third-order valence-corrected chi connectivity index (χ3v) is 5.29. The van der Waals surface area contributed by atoms with Crippen molar-refractivity contribution >= 4 is 33.2 Å². The number of amides is 1. The summed E-state index contributed by atoms with van der Waals surface area (Å²) in [6, 6.07) is 19.1. The van der Waals surface area contributed by atoms with E-state index in [1.54, 1.807) is 36.4 Å². The van der Waals surface area contributed by atoms with Crippen molar-refractivity contribution in [2.45, 2.75) is 4.90 Å². The summed E-state index contributed by atoms with van der Waals surface area (Å²) in [6.45, 7) is -0.299. The maximum atomic E-state index is 12.8. The number of sulfonamides is 1. The van der Waals surface area contributed by atoms with Crippen LogP contribution < -0.4 is 19.9 Å². The fraction of sp³-hybridized carbons (Fsp3) is 0.0500. The number of para-hydroxylation sites is 1. The summed E-state index contributed by atoms with van der Waals surface area (Å²) in [7, 11) is -3.93. The van der Waals surface area contributed by atoms with E-state index in [0.29, 0.717) is 22.3 Å². The van der Waals surface area contributed by atoms with Crippen LogP contribution in [0.25, 0.3) is 0 Å². The smallest absolute Gasteiger partial charge is 0.262 e. The molecule has 0 saturated carbocycles. The van der Waals surface area contributed by atoms with Crippen LogP contribution in [0.15, 0.2) is 77.7 Å². The molecule has 0 aliphatic rings. The monoisotopic (exact) mass is 432 g/mol. The summed E-state index contributed by atoms with van der Waals surface area (Å²) in [5.41, 5.74) is 5.20. The Kier molecular flexibility index (Phi) is 6.26. The van der Waals surface area contributed by atoms with Gasteiger partial charge in [-0.3, -0.25) is 9.52 Å². The zero-order chi connectivity index (χ0) is 20.9. The van der Waals surface area contributed by atoms with Gasteiger partial charge in [-0.15, -0.1) is 0 Å². The van der Waals surface area contributed by atoms with Gasteiger partial charge in [0.2, 0.25) is 0 Å². The van der Waals surface area contributed by atoms with Gasteiger partial charge in [-0.2, -0.15) is 0 Å². The van der Waals surface area contributed by atoms with Crippen LogP contribution in [0, 0.1) is 0 Å². The maximum absolute atomic E-state index is 12.8. The van der Waals surface area contributed by atoms with Crippen molar-refractivity contribution in [3.8, 4) is 17.2 Å². The minimum absolute atomic E-state index is 0.00504. The highest BCUT2D eigenvalue weighted by atomic mass is 35.5. The average Bonchev–Trinajstić information content (AvgIpc) is 2.69. The van der Waals surface area contributed by atoms with Crippen LogP contribution in [0.5, 0.6) is 17.2 Å². The van der Waals surface area contributed by atoms with Gasteiger partial charge in [-0.25, -0.2) is 8.42 Å². The Balaban J connectivity index is 1.82. The molecular formula is C20H17ClN2O5S. The van der Waals surface area contributed by atoms with E-state index in [9.17, 15) is 13.2 Å². The zero-order valence-corrected chi connectivity index (χ0v) is 16.6. The molecule has 9 heteroatoms. The van der Waals surface area contributed by atoms with Crippen molar-refractivity contribution in [3.05, 3.63) is 77.8 Å². The van der Waals surface area contributed by atoms with Gasteiger partial charge < -0.3 is 15.2 Å². The highest BCUT2D eigenvalue weighted by Gasteiger charge is 2.18. The molecule has 0 spiro atoms. The third-order valence-electron chi connectivity index (χ3n) is 3.67. The topological polar surface area (TPSA) is 108 Å². The van der Waals surface area contributed by atoms with Crippen LogP contribution in [0.3, 0.4) is 0 Å². The van der Waals surface area contributed by atoms with Gasteiger partial charge in [0.1, 0.15) is 11.5 Å². The second-order valence-electron chi connectivity index (χ2n) is 5.89. The summed E-state index contributed by atoms with van der Waals surface area (Å²) in [6.07, 6.45) is 0. The van der Waals surface area contributed by atoms with E-state index in [2.05, 4.69) is 4.72 Å². The van der Waals surface area contributed by atoms with E-state index in [0.717, 1.165) is 0 Å². The molecule has 0 heterocycles. The molecule has 0 aliphatic heterocycles. The second-order valence-corrected chi connectivity index (χ2v) is 8.01. The fourth-order valence-electron chi connectivity index (χ4n) is 2.36. The first-order valence-electron chi connectivity index (χ1n) is 8.40. The highest BCUT2D eigenvalue weighted by Crippen LogP contribution is 2.33. The van der Waals surface area contributed by atoms with Gasteiger partial charge in [0.25, 0.3) is 15.9 Å². The number of anilines is 1. The Morgan fingerprint density at radius 3 is 2.31 bits per heavy atom. The molecule has 7 nitrogen and oxygen atoms in total. The van der Waals surface area contributed by atoms with Crippen LogP contribution in [0.1, 0.15) is 0 Å². The molecule has 150 valence electrons. The van der Waals surface area contributed by atoms with Crippen molar-refractivity contribution in [1.82, 2.24) is 0 Å². The third kappa shape index (κ3) is 5.63. The Morgan fingerprint density at radius 2 is 1.66 bits per heavy atom. The molecule has 0 atom stereocenters. The first-order chi connectivity index (χ1) is 13.8. The lowest BCUT2D eigenvalue weighted by Crippen LogP contribution is -2.20. The molecule has 1 amide bonds. The van der Waals surface area contributed by atoms with E-state index < -0.39 is 15.9 Å². The number of halogens is 1. The molecule has 3 aromatic rings. The summed E-state index contributed by atoms with van der Waals surface area (Å²) in [5.74, 6) is 0.533. The summed E-state index contributed by atoms with van der Waals surface area (Å²) in [4.78, 5) is 10.8. The minimum Gasteiger partial charge on any atom is -0.484 e. The number of carbonyl (C=O) groups is 1. The SMILES string of the molecule is NC(=O)COc1ccc(S(=O)(=O)Nc2cc(Cl)ccc2Oc2ccccc2)cc1. The van der Waals surface area contributed by atoms with Crippen molar-refractivity contribution in [3.63, 3.8) is 0 Å². The summed E-state index contributed by atoms with van der Waals surface area (Å²) < 4.78 is 38.9. The van der Waals surface area contributed by atoms with Gasteiger partial charge >= 0.3 is 0 Å². The van der Waals surface area contributed by atoms with E-state index >= 15 is 0 Å². The lowest BCUT2D eigenvalue weighted by Gasteiger charge is -2.14. The summed E-state index contributed by atoms with van der Waals surface area (Å²) in [5, 5.41) is 0.346. The predicted molar refractivity (Wildman–Crippen MR) is 110 cm³/mol. The number of primary amides is 1. The number of hydrogen-bond acceptors (Lipinski definition) is 5. The molecular weight excluding hydrogens is 416 g/mol. The molecule has 0 bridgehead atoms. The van der Waals surface area contributed by atoms with Crippen LogP contribution in [0.4, 0.5) is 5.69 Å². The Bertz CT molecular complexity index is 1100. The zero-order valence-electron chi connectivity index (χ0n) is 15.0.